The van der Waals surface area contributed by atoms with Crippen molar-refractivity contribution in [3.63, 3.8) is 0 Å². The molecule has 0 aliphatic carbocycles. The van der Waals surface area contributed by atoms with Crippen LogP contribution in [0.1, 0.15) is 10.5 Å². The second-order valence-electron chi connectivity index (χ2n) is 2.95. The number of nitrogens with zero attached hydrogens (tertiary/aromatic N) is 4. The van der Waals surface area contributed by atoms with Crippen molar-refractivity contribution in [3.05, 3.63) is 30.1 Å². The van der Waals surface area contributed by atoms with E-state index in [1.165, 1.54) is 17.9 Å². The lowest BCUT2D eigenvalue weighted by atomic mass is 10.4. The molecule has 0 unspecified atom stereocenters. The number of anilines is 1. The minimum atomic E-state index is -0.529. The predicted molar refractivity (Wildman–Crippen MR) is 54.9 cm³/mol. The van der Waals surface area contributed by atoms with Gasteiger partial charge in [0.2, 0.25) is 0 Å². The summed E-state index contributed by atoms with van der Waals surface area (Å²) in [6.45, 7) is 0. The van der Waals surface area contributed by atoms with Gasteiger partial charge in [0.15, 0.2) is 11.5 Å². The molecule has 0 atom stereocenters. The Morgan fingerprint density at radius 3 is 2.69 bits per heavy atom. The lowest BCUT2D eigenvalue weighted by Gasteiger charge is -2.00. The van der Waals surface area contributed by atoms with E-state index < -0.39 is 5.97 Å². The number of methoxy groups -OCH3 is 1. The van der Waals surface area contributed by atoms with Crippen molar-refractivity contribution in [1.82, 2.24) is 20.0 Å². The van der Waals surface area contributed by atoms with Gasteiger partial charge in [-0.15, -0.1) is 15.3 Å². The zero-order valence-electron chi connectivity index (χ0n) is 8.49. The molecule has 7 nitrogen and oxygen atoms in total. The number of nitrogen functional groups attached to an aromatic ring is 1. The fraction of sp³-hybridized carbons (Fsp3) is 0.111. The van der Waals surface area contributed by atoms with Crippen molar-refractivity contribution in [2.45, 2.75) is 0 Å². The topological polar surface area (TPSA) is 95.9 Å². The molecule has 82 valence electrons. The Balaban J connectivity index is 2.29. The quantitative estimate of drug-likeness (QED) is 0.716. The molecule has 2 aromatic rings. The molecule has 2 aromatic heterocycles. The first-order chi connectivity index (χ1) is 7.70. The van der Waals surface area contributed by atoms with Crippen LogP contribution >= 0.6 is 0 Å². The van der Waals surface area contributed by atoms with Gasteiger partial charge in [0.1, 0.15) is 5.82 Å². The summed E-state index contributed by atoms with van der Waals surface area (Å²) in [4.78, 5) is 11.1. The zero-order chi connectivity index (χ0) is 11.5. The molecule has 0 aliphatic heterocycles. The number of rotatable bonds is 2. The Kier molecular flexibility index (Phi) is 2.50. The van der Waals surface area contributed by atoms with E-state index in [4.69, 9.17) is 5.73 Å². The molecule has 2 N–H and O–H groups in total. The molecular weight excluding hydrogens is 210 g/mol. The van der Waals surface area contributed by atoms with Crippen molar-refractivity contribution >= 4 is 11.8 Å². The van der Waals surface area contributed by atoms with Gasteiger partial charge in [-0.2, -0.15) is 0 Å². The van der Waals surface area contributed by atoms with E-state index in [0.717, 1.165) is 0 Å². The van der Waals surface area contributed by atoms with Crippen LogP contribution in [0.15, 0.2) is 24.4 Å². The summed E-state index contributed by atoms with van der Waals surface area (Å²) >= 11 is 0. The second-order valence-corrected chi connectivity index (χ2v) is 2.95. The molecule has 16 heavy (non-hydrogen) atoms. The Hall–Kier alpha value is -2.44. The fourth-order valence-corrected chi connectivity index (χ4v) is 1.13. The molecule has 0 saturated carbocycles. The summed E-state index contributed by atoms with van der Waals surface area (Å²) in [5, 5.41) is 11.5. The third kappa shape index (κ3) is 1.83. The van der Waals surface area contributed by atoms with Crippen molar-refractivity contribution < 1.29 is 9.53 Å². The van der Waals surface area contributed by atoms with E-state index >= 15 is 0 Å². The number of hydrogen-bond donors (Lipinski definition) is 1. The highest BCUT2D eigenvalue weighted by molar-refractivity contribution is 5.86. The third-order valence-electron chi connectivity index (χ3n) is 1.89. The van der Waals surface area contributed by atoms with Crippen LogP contribution in [0, 0.1) is 0 Å². The first kappa shape index (κ1) is 10.1. The highest BCUT2D eigenvalue weighted by Gasteiger charge is 2.08. The summed E-state index contributed by atoms with van der Waals surface area (Å²) in [6, 6.07) is 4.74. The summed E-state index contributed by atoms with van der Waals surface area (Å²) in [6.07, 6.45) is 1.65. The molecule has 0 saturated heterocycles. The number of ether oxygens (including phenoxy) is 1. The van der Waals surface area contributed by atoms with Crippen molar-refractivity contribution in [2.75, 3.05) is 12.8 Å². The maximum atomic E-state index is 11.1. The monoisotopic (exact) mass is 219 g/mol. The number of carbonyl (C=O) groups excluding carboxylic acids is 1. The van der Waals surface area contributed by atoms with Gasteiger partial charge in [0.05, 0.1) is 7.11 Å². The van der Waals surface area contributed by atoms with Crippen LogP contribution in [0.25, 0.3) is 5.82 Å². The van der Waals surface area contributed by atoms with E-state index in [1.807, 2.05) is 0 Å². The molecule has 0 aliphatic rings. The van der Waals surface area contributed by atoms with Crippen LogP contribution in [0.5, 0.6) is 0 Å². The van der Waals surface area contributed by atoms with Gasteiger partial charge in [-0.25, -0.2) is 9.48 Å². The first-order valence-corrected chi connectivity index (χ1v) is 4.44. The van der Waals surface area contributed by atoms with Gasteiger partial charge in [-0.3, -0.25) is 0 Å². The highest BCUT2D eigenvalue weighted by Crippen LogP contribution is 2.05. The molecule has 7 heteroatoms. The second kappa shape index (κ2) is 3.97. The molecule has 0 fully saturated rings. The number of nitrogens with two attached hydrogens (primary N) is 1. The lowest BCUT2D eigenvalue weighted by Crippen LogP contribution is -2.08. The summed E-state index contributed by atoms with van der Waals surface area (Å²) < 4.78 is 5.96. The molecule has 0 bridgehead atoms. The van der Waals surface area contributed by atoms with E-state index in [9.17, 15) is 4.79 Å². The van der Waals surface area contributed by atoms with Gasteiger partial charge < -0.3 is 10.5 Å². The molecule has 0 radical (unpaired) electrons. The minimum absolute atomic E-state index is 0.145. The van der Waals surface area contributed by atoms with Gasteiger partial charge in [-0.1, -0.05) is 0 Å². The first-order valence-electron chi connectivity index (χ1n) is 4.44. The summed E-state index contributed by atoms with van der Waals surface area (Å²) in [5.41, 5.74) is 5.61. The number of esters is 1. The lowest BCUT2D eigenvalue weighted by molar-refractivity contribution is 0.0592. The summed E-state index contributed by atoms with van der Waals surface area (Å²) in [5.74, 6) is 0.335. The zero-order valence-corrected chi connectivity index (χ0v) is 8.49. The van der Waals surface area contributed by atoms with Crippen LogP contribution in [0.4, 0.5) is 5.82 Å². The Morgan fingerprint density at radius 1 is 1.38 bits per heavy atom. The Morgan fingerprint density at radius 2 is 2.19 bits per heavy atom. The maximum absolute atomic E-state index is 11.1. The Bertz CT molecular complexity index is 505. The average molecular weight is 219 g/mol. The Labute approximate surface area is 90.8 Å². The highest BCUT2D eigenvalue weighted by atomic mass is 16.5. The number of carbonyl (C=O) groups is 1. The van der Waals surface area contributed by atoms with Crippen LogP contribution < -0.4 is 5.73 Å². The van der Waals surface area contributed by atoms with E-state index in [0.29, 0.717) is 11.6 Å². The predicted octanol–water partition coefficient (Wildman–Crippen LogP) is 0.0311. The molecule has 2 rings (SSSR count). The van der Waals surface area contributed by atoms with Gasteiger partial charge in [-0.05, 0) is 12.1 Å². The largest absolute Gasteiger partial charge is 0.464 e. The molecular formula is C9H9N5O2. The van der Waals surface area contributed by atoms with Crippen LogP contribution in [0.3, 0.4) is 0 Å². The number of aromatic nitrogens is 4. The summed E-state index contributed by atoms with van der Waals surface area (Å²) in [7, 11) is 1.28. The van der Waals surface area contributed by atoms with E-state index in [2.05, 4.69) is 20.0 Å². The van der Waals surface area contributed by atoms with Crippen LogP contribution in [0.2, 0.25) is 0 Å². The third-order valence-corrected chi connectivity index (χ3v) is 1.89. The van der Waals surface area contributed by atoms with Crippen molar-refractivity contribution in [1.29, 1.82) is 0 Å². The molecule has 0 spiro atoms. The van der Waals surface area contributed by atoms with Crippen molar-refractivity contribution in [3.8, 4) is 5.82 Å². The van der Waals surface area contributed by atoms with Gasteiger partial charge in [0.25, 0.3) is 0 Å². The molecule has 2 heterocycles. The fourth-order valence-electron chi connectivity index (χ4n) is 1.13. The normalized spacial score (nSPS) is 10.1. The van der Waals surface area contributed by atoms with Crippen LogP contribution in [-0.2, 0) is 4.74 Å². The van der Waals surface area contributed by atoms with Gasteiger partial charge in [0, 0.05) is 12.3 Å². The average Bonchev–Trinajstić information content (AvgIpc) is 2.75. The smallest absolute Gasteiger partial charge is 0.358 e. The maximum Gasteiger partial charge on any atom is 0.358 e. The van der Waals surface area contributed by atoms with E-state index in [-0.39, 0.29) is 5.69 Å². The van der Waals surface area contributed by atoms with Crippen molar-refractivity contribution in [2.24, 2.45) is 0 Å². The molecule has 0 amide bonds. The SMILES string of the molecule is COC(=O)c1ccc(-n2ccc(N)n2)nn1. The standard InChI is InChI=1S/C9H9N5O2/c1-16-9(15)6-2-3-8(12-11-6)14-5-4-7(10)13-14/h2-5H,1H3,(H2,10,13). The van der Waals surface area contributed by atoms with Gasteiger partial charge >= 0.3 is 5.97 Å². The molecule has 0 aromatic carbocycles. The number of hydrogen-bond acceptors (Lipinski definition) is 6. The van der Waals surface area contributed by atoms with Crippen LogP contribution in [-0.4, -0.2) is 33.1 Å². The minimum Gasteiger partial charge on any atom is -0.464 e. The van der Waals surface area contributed by atoms with E-state index in [1.54, 1.807) is 18.3 Å².